The Morgan fingerprint density at radius 1 is 1.33 bits per heavy atom. The Morgan fingerprint density at radius 3 is 2.80 bits per heavy atom. The summed E-state index contributed by atoms with van der Waals surface area (Å²) in [5.41, 5.74) is 0.485. The summed E-state index contributed by atoms with van der Waals surface area (Å²) in [5, 5.41) is 3.55. The first-order valence-electron chi connectivity index (χ1n) is 6.33. The average molecular weight is 209 g/mol. The molecule has 0 aromatic carbocycles. The van der Waals surface area contributed by atoms with Crippen molar-refractivity contribution in [2.75, 3.05) is 26.2 Å². The Morgan fingerprint density at radius 2 is 2.13 bits per heavy atom. The molecular formula is C13H25N2. The van der Waals surface area contributed by atoms with Gasteiger partial charge in [0, 0.05) is 25.7 Å². The molecule has 2 nitrogen and oxygen atoms in total. The maximum atomic E-state index is 3.55. The summed E-state index contributed by atoms with van der Waals surface area (Å²) < 4.78 is 0. The minimum Gasteiger partial charge on any atom is -0.315 e. The number of nitrogens with zero attached hydrogens (tertiary/aromatic N) is 1. The molecule has 2 fully saturated rings. The van der Waals surface area contributed by atoms with Crippen LogP contribution < -0.4 is 5.32 Å². The van der Waals surface area contributed by atoms with Gasteiger partial charge in [0.05, 0.1) is 0 Å². The summed E-state index contributed by atoms with van der Waals surface area (Å²) in [6.45, 7) is 12.0. The van der Waals surface area contributed by atoms with Crippen LogP contribution in [0.5, 0.6) is 0 Å². The van der Waals surface area contributed by atoms with Crippen molar-refractivity contribution in [1.29, 1.82) is 0 Å². The molecule has 2 aliphatic rings. The van der Waals surface area contributed by atoms with Crippen molar-refractivity contribution in [3.63, 3.8) is 0 Å². The number of nitrogens with one attached hydrogen (secondary N) is 1. The van der Waals surface area contributed by atoms with Crippen LogP contribution in [0.25, 0.3) is 0 Å². The Kier molecular flexibility index (Phi) is 3.36. The van der Waals surface area contributed by atoms with E-state index in [9.17, 15) is 0 Å². The van der Waals surface area contributed by atoms with E-state index in [1.807, 2.05) is 0 Å². The monoisotopic (exact) mass is 209 g/mol. The van der Waals surface area contributed by atoms with Gasteiger partial charge in [-0.25, -0.2) is 0 Å². The molecule has 1 N–H and O–H groups in total. The van der Waals surface area contributed by atoms with Crippen molar-refractivity contribution >= 4 is 0 Å². The van der Waals surface area contributed by atoms with Crippen LogP contribution in [0.3, 0.4) is 0 Å². The van der Waals surface area contributed by atoms with E-state index < -0.39 is 0 Å². The molecule has 2 saturated heterocycles. The van der Waals surface area contributed by atoms with Gasteiger partial charge in [0.25, 0.3) is 0 Å². The lowest BCUT2D eigenvalue weighted by atomic mass is 9.82. The molecule has 0 saturated carbocycles. The van der Waals surface area contributed by atoms with Gasteiger partial charge in [0.15, 0.2) is 0 Å². The van der Waals surface area contributed by atoms with E-state index in [1.54, 1.807) is 0 Å². The number of hydrogen-bond acceptors (Lipinski definition) is 2. The zero-order chi connectivity index (χ0) is 10.9. The molecule has 0 aromatic rings. The van der Waals surface area contributed by atoms with Crippen LogP contribution in [-0.2, 0) is 0 Å². The van der Waals surface area contributed by atoms with Crippen molar-refractivity contribution in [3.8, 4) is 0 Å². The highest BCUT2D eigenvalue weighted by Gasteiger charge is 2.32. The lowest BCUT2D eigenvalue weighted by Gasteiger charge is -2.44. The molecule has 2 aliphatic heterocycles. The topological polar surface area (TPSA) is 15.3 Å². The van der Waals surface area contributed by atoms with Gasteiger partial charge in [-0.05, 0) is 37.1 Å². The van der Waals surface area contributed by atoms with E-state index in [1.165, 1.54) is 39.0 Å². The Balaban J connectivity index is 1.92. The van der Waals surface area contributed by atoms with Gasteiger partial charge < -0.3 is 5.32 Å². The number of rotatable bonds is 1. The first kappa shape index (κ1) is 11.4. The summed E-state index contributed by atoms with van der Waals surface area (Å²) >= 11 is 0. The summed E-state index contributed by atoms with van der Waals surface area (Å²) in [7, 11) is 0. The second kappa shape index (κ2) is 4.42. The second-order valence-corrected chi connectivity index (χ2v) is 6.24. The normalized spacial score (nSPS) is 37.8. The van der Waals surface area contributed by atoms with Crippen LogP contribution in [0.15, 0.2) is 0 Å². The lowest BCUT2D eigenvalue weighted by molar-refractivity contribution is 0.0812. The molecule has 0 aliphatic carbocycles. The summed E-state index contributed by atoms with van der Waals surface area (Å²) in [6, 6.07) is 0.768. The largest absolute Gasteiger partial charge is 0.315 e. The molecule has 1 radical (unpaired) electrons. The molecule has 0 amide bonds. The van der Waals surface area contributed by atoms with Crippen LogP contribution in [0.1, 0.15) is 33.6 Å². The van der Waals surface area contributed by atoms with Crippen molar-refractivity contribution in [1.82, 2.24) is 10.2 Å². The summed E-state index contributed by atoms with van der Waals surface area (Å²) in [6.07, 6.45) is 5.11. The van der Waals surface area contributed by atoms with Crippen LogP contribution in [0, 0.1) is 17.8 Å². The maximum absolute atomic E-state index is 3.55. The van der Waals surface area contributed by atoms with Crippen molar-refractivity contribution in [2.24, 2.45) is 11.3 Å². The molecule has 2 heteroatoms. The smallest absolute Gasteiger partial charge is 0.0223 e. The van der Waals surface area contributed by atoms with Crippen LogP contribution in [0.4, 0.5) is 0 Å². The Labute approximate surface area is 94.4 Å². The minimum atomic E-state index is 0.485. The van der Waals surface area contributed by atoms with Gasteiger partial charge in [0.1, 0.15) is 0 Å². The van der Waals surface area contributed by atoms with Gasteiger partial charge in [0.2, 0.25) is 0 Å². The molecule has 0 bridgehead atoms. The zero-order valence-corrected chi connectivity index (χ0v) is 10.4. The highest BCUT2D eigenvalue weighted by atomic mass is 15.2. The SMILES string of the molecule is C[C@@H]1CNCC(N2C[CH]CC(C)(C)C2)C1. The first-order valence-corrected chi connectivity index (χ1v) is 6.33. The van der Waals surface area contributed by atoms with E-state index >= 15 is 0 Å². The van der Waals surface area contributed by atoms with Gasteiger partial charge in [-0.15, -0.1) is 0 Å². The van der Waals surface area contributed by atoms with E-state index in [2.05, 4.69) is 37.4 Å². The molecule has 2 rings (SSSR count). The lowest BCUT2D eigenvalue weighted by Crippen LogP contribution is -2.53. The fourth-order valence-electron chi connectivity index (χ4n) is 2.98. The van der Waals surface area contributed by atoms with Crippen molar-refractivity contribution in [2.45, 2.75) is 39.7 Å². The van der Waals surface area contributed by atoms with E-state index in [0.29, 0.717) is 5.41 Å². The molecule has 87 valence electrons. The molecule has 2 heterocycles. The predicted molar refractivity (Wildman–Crippen MR) is 64.7 cm³/mol. The Hall–Kier alpha value is -0.0800. The number of piperidine rings is 2. The third-order valence-corrected chi connectivity index (χ3v) is 3.76. The molecule has 0 spiro atoms. The molecule has 2 atom stereocenters. The van der Waals surface area contributed by atoms with Crippen LogP contribution >= 0.6 is 0 Å². The van der Waals surface area contributed by atoms with Crippen LogP contribution in [0.2, 0.25) is 0 Å². The van der Waals surface area contributed by atoms with E-state index in [4.69, 9.17) is 0 Å². The third-order valence-electron chi connectivity index (χ3n) is 3.76. The van der Waals surface area contributed by atoms with Gasteiger partial charge in [-0.2, -0.15) is 0 Å². The maximum Gasteiger partial charge on any atom is 0.0223 e. The highest BCUT2D eigenvalue weighted by molar-refractivity contribution is 4.93. The predicted octanol–water partition coefficient (Wildman–Crippen LogP) is 1.92. The molecule has 15 heavy (non-hydrogen) atoms. The Bertz CT molecular complexity index is 213. The van der Waals surface area contributed by atoms with E-state index in [0.717, 1.165) is 12.0 Å². The summed E-state index contributed by atoms with van der Waals surface area (Å²) in [5.74, 6) is 0.841. The second-order valence-electron chi connectivity index (χ2n) is 6.24. The number of hydrogen-bond donors (Lipinski definition) is 1. The van der Waals surface area contributed by atoms with Crippen LogP contribution in [-0.4, -0.2) is 37.1 Å². The van der Waals surface area contributed by atoms with E-state index in [-0.39, 0.29) is 0 Å². The molecular weight excluding hydrogens is 184 g/mol. The highest BCUT2D eigenvalue weighted by Crippen LogP contribution is 2.30. The standard InChI is InChI=1S/C13H25N2/c1-11-7-12(9-14-8-11)15-6-4-5-13(2,3)10-15/h4,11-12,14H,5-10H2,1-3H3/t11-,12?/m0/s1. The van der Waals surface area contributed by atoms with Gasteiger partial charge in [-0.3, -0.25) is 4.90 Å². The first-order chi connectivity index (χ1) is 7.07. The number of likely N-dealkylation sites (tertiary alicyclic amines) is 1. The summed E-state index contributed by atoms with van der Waals surface area (Å²) in [4.78, 5) is 2.67. The zero-order valence-electron chi connectivity index (χ0n) is 10.4. The fraction of sp³-hybridized carbons (Fsp3) is 0.923. The quantitative estimate of drug-likeness (QED) is 0.710. The van der Waals surface area contributed by atoms with Crippen molar-refractivity contribution < 1.29 is 0 Å². The molecule has 0 aromatic heterocycles. The fourth-order valence-corrected chi connectivity index (χ4v) is 2.98. The molecule has 1 unspecified atom stereocenters. The third kappa shape index (κ3) is 2.94. The van der Waals surface area contributed by atoms with Gasteiger partial charge >= 0.3 is 0 Å². The van der Waals surface area contributed by atoms with Gasteiger partial charge in [-0.1, -0.05) is 20.8 Å². The van der Waals surface area contributed by atoms with Crippen molar-refractivity contribution in [3.05, 3.63) is 6.42 Å². The minimum absolute atomic E-state index is 0.485. The average Bonchev–Trinajstić information content (AvgIpc) is 2.16.